The van der Waals surface area contributed by atoms with E-state index in [9.17, 15) is 4.79 Å². The van der Waals surface area contributed by atoms with Crippen LogP contribution >= 0.6 is 0 Å². The zero-order valence-corrected chi connectivity index (χ0v) is 11.6. The lowest BCUT2D eigenvalue weighted by atomic mass is 10.2. The lowest BCUT2D eigenvalue weighted by Gasteiger charge is -2.10. The van der Waals surface area contributed by atoms with Gasteiger partial charge in [-0.05, 0) is 19.8 Å². The monoisotopic (exact) mass is 262 g/mol. The molecule has 0 radical (unpaired) electrons. The Kier molecular flexibility index (Phi) is 5.31. The van der Waals surface area contributed by atoms with E-state index in [-0.39, 0.29) is 11.6 Å². The molecule has 0 amide bonds. The molecular formula is C14H18N2O3. The summed E-state index contributed by atoms with van der Waals surface area (Å²) in [6.07, 6.45) is 6.18. The summed E-state index contributed by atoms with van der Waals surface area (Å²) in [5, 5.41) is 0. The summed E-state index contributed by atoms with van der Waals surface area (Å²) in [4.78, 5) is 19.9. The molecule has 0 aromatic carbocycles. The van der Waals surface area contributed by atoms with E-state index < -0.39 is 12.1 Å². The number of carbonyl (C=O) groups excluding carboxylic acids is 1. The molecule has 1 atom stereocenters. The molecule has 0 unspecified atom stereocenters. The fraction of sp³-hybridized carbons (Fsp3) is 0.500. The predicted octanol–water partition coefficient (Wildman–Crippen LogP) is 2.00. The van der Waals surface area contributed by atoms with Gasteiger partial charge >= 0.3 is 5.97 Å². The van der Waals surface area contributed by atoms with Crippen LogP contribution in [0.2, 0.25) is 0 Å². The van der Waals surface area contributed by atoms with Gasteiger partial charge in [0.15, 0.2) is 11.8 Å². The second kappa shape index (κ2) is 6.74. The third kappa shape index (κ3) is 4.59. The number of esters is 1. The number of aryl methyl sites for hydroxylation is 1. The number of nitrogens with zero attached hydrogens (tertiary/aromatic N) is 2. The van der Waals surface area contributed by atoms with Crippen molar-refractivity contribution in [3.05, 3.63) is 17.6 Å². The Bertz CT molecular complexity index is 492. The largest absolute Gasteiger partial charge is 0.461 e. The highest BCUT2D eigenvalue weighted by Gasteiger charge is 2.15. The SMILES string of the molecule is C#C[C@H](C)Oc1cnc(C(=O)OCC(C)C)c(C)n1. The smallest absolute Gasteiger partial charge is 0.358 e. The standard InChI is InChI=1S/C14H18N2O3/c1-6-10(4)19-12-7-15-13(11(5)16-12)14(17)18-8-9(2)3/h1,7,9-10H,8H2,2-5H3/t10-/m0/s1. The average molecular weight is 262 g/mol. The number of carbonyl (C=O) groups is 1. The number of aromatic nitrogens is 2. The van der Waals surface area contributed by atoms with Gasteiger partial charge in [0.05, 0.1) is 18.5 Å². The maximum absolute atomic E-state index is 11.8. The number of hydrogen-bond acceptors (Lipinski definition) is 5. The van der Waals surface area contributed by atoms with Crippen LogP contribution < -0.4 is 4.74 Å². The van der Waals surface area contributed by atoms with E-state index in [4.69, 9.17) is 15.9 Å². The predicted molar refractivity (Wildman–Crippen MR) is 70.8 cm³/mol. The Hall–Kier alpha value is -2.09. The van der Waals surface area contributed by atoms with Gasteiger partial charge in [0, 0.05) is 0 Å². The minimum absolute atomic E-state index is 0.196. The number of ether oxygens (including phenoxy) is 2. The molecule has 0 aliphatic rings. The Morgan fingerprint density at radius 3 is 2.68 bits per heavy atom. The summed E-state index contributed by atoms with van der Waals surface area (Å²) in [7, 11) is 0. The van der Waals surface area contributed by atoms with Crippen molar-refractivity contribution >= 4 is 5.97 Å². The number of rotatable bonds is 5. The van der Waals surface area contributed by atoms with Gasteiger partial charge in [-0.15, -0.1) is 6.42 Å². The quantitative estimate of drug-likeness (QED) is 0.600. The first kappa shape index (κ1) is 15.0. The molecule has 1 rings (SSSR count). The van der Waals surface area contributed by atoms with Crippen molar-refractivity contribution in [2.75, 3.05) is 6.61 Å². The molecule has 1 heterocycles. The summed E-state index contributed by atoms with van der Waals surface area (Å²) < 4.78 is 10.4. The van der Waals surface area contributed by atoms with Gasteiger partial charge in [-0.2, -0.15) is 0 Å². The lowest BCUT2D eigenvalue weighted by Crippen LogP contribution is -2.15. The number of hydrogen-bond donors (Lipinski definition) is 0. The molecule has 102 valence electrons. The van der Waals surface area contributed by atoms with Gasteiger partial charge in [-0.3, -0.25) is 0 Å². The molecule has 0 aliphatic heterocycles. The van der Waals surface area contributed by atoms with Crippen molar-refractivity contribution in [2.24, 2.45) is 5.92 Å². The fourth-order valence-corrected chi connectivity index (χ4v) is 1.24. The normalized spacial score (nSPS) is 11.8. The van der Waals surface area contributed by atoms with E-state index in [0.717, 1.165) is 0 Å². The van der Waals surface area contributed by atoms with Crippen LogP contribution in [0.25, 0.3) is 0 Å². The van der Waals surface area contributed by atoms with Crippen LogP contribution in [0.5, 0.6) is 5.88 Å². The zero-order chi connectivity index (χ0) is 14.4. The summed E-state index contributed by atoms with van der Waals surface area (Å²) in [6.45, 7) is 7.68. The van der Waals surface area contributed by atoms with Crippen molar-refractivity contribution in [2.45, 2.75) is 33.8 Å². The van der Waals surface area contributed by atoms with Gasteiger partial charge in [-0.25, -0.2) is 14.8 Å². The van der Waals surface area contributed by atoms with Gasteiger partial charge < -0.3 is 9.47 Å². The van der Waals surface area contributed by atoms with Gasteiger partial charge in [-0.1, -0.05) is 19.8 Å². The summed E-state index contributed by atoms with van der Waals surface area (Å²) in [5.41, 5.74) is 0.650. The summed E-state index contributed by atoms with van der Waals surface area (Å²) in [5.74, 6) is 2.51. The second-order valence-corrected chi connectivity index (χ2v) is 4.56. The van der Waals surface area contributed by atoms with Crippen molar-refractivity contribution < 1.29 is 14.3 Å². The minimum Gasteiger partial charge on any atom is -0.461 e. The highest BCUT2D eigenvalue weighted by atomic mass is 16.5. The molecule has 0 N–H and O–H groups in total. The molecule has 0 aliphatic carbocycles. The summed E-state index contributed by atoms with van der Waals surface area (Å²) in [6, 6.07) is 0. The molecule has 19 heavy (non-hydrogen) atoms. The van der Waals surface area contributed by atoms with E-state index in [1.165, 1.54) is 6.20 Å². The Morgan fingerprint density at radius 1 is 1.47 bits per heavy atom. The van der Waals surface area contributed by atoms with Crippen molar-refractivity contribution in [3.8, 4) is 18.2 Å². The fourth-order valence-electron chi connectivity index (χ4n) is 1.24. The van der Waals surface area contributed by atoms with Crippen molar-refractivity contribution in [1.82, 2.24) is 9.97 Å². The number of terminal acetylenes is 1. The first-order valence-electron chi connectivity index (χ1n) is 6.07. The van der Waals surface area contributed by atoms with E-state index in [1.54, 1.807) is 13.8 Å². The molecule has 0 saturated heterocycles. The lowest BCUT2D eigenvalue weighted by molar-refractivity contribution is 0.0450. The Morgan fingerprint density at radius 2 is 2.16 bits per heavy atom. The third-order valence-corrected chi connectivity index (χ3v) is 2.20. The minimum atomic E-state index is -0.477. The topological polar surface area (TPSA) is 61.3 Å². The van der Waals surface area contributed by atoms with Crippen LogP contribution in [0.1, 0.15) is 37.0 Å². The highest BCUT2D eigenvalue weighted by Crippen LogP contribution is 2.12. The van der Waals surface area contributed by atoms with Crippen LogP contribution in [-0.2, 0) is 4.74 Å². The van der Waals surface area contributed by atoms with Crippen LogP contribution in [-0.4, -0.2) is 28.6 Å². The third-order valence-electron chi connectivity index (χ3n) is 2.20. The van der Waals surface area contributed by atoms with Gasteiger partial charge in [0.25, 0.3) is 0 Å². The first-order valence-corrected chi connectivity index (χ1v) is 6.07. The van der Waals surface area contributed by atoms with E-state index in [0.29, 0.717) is 18.2 Å². The molecule has 0 fully saturated rings. The molecule has 5 heteroatoms. The maximum atomic E-state index is 11.8. The van der Waals surface area contributed by atoms with Gasteiger partial charge in [0.2, 0.25) is 5.88 Å². The molecule has 5 nitrogen and oxygen atoms in total. The zero-order valence-electron chi connectivity index (χ0n) is 11.6. The van der Waals surface area contributed by atoms with Crippen molar-refractivity contribution in [3.63, 3.8) is 0 Å². The van der Waals surface area contributed by atoms with Crippen LogP contribution in [0.4, 0.5) is 0 Å². The molecular weight excluding hydrogens is 244 g/mol. The maximum Gasteiger partial charge on any atom is 0.358 e. The van der Waals surface area contributed by atoms with E-state index >= 15 is 0 Å². The Balaban J connectivity index is 2.77. The van der Waals surface area contributed by atoms with Crippen molar-refractivity contribution in [1.29, 1.82) is 0 Å². The molecule has 0 saturated carbocycles. The van der Waals surface area contributed by atoms with Gasteiger partial charge in [0.1, 0.15) is 0 Å². The molecule has 0 spiro atoms. The second-order valence-electron chi connectivity index (χ2n) is 4.56. The highest BCUT2D eigenvalue weighted by molar-refractivity contribution is 5.88. The molecule has 1 aromatic rings. The van der Waals surface area contributed by atoms with E-state index in [2.05, 4.69) is 15.9 Å². The molecule has 0 bridgehead atoms. The van der Waals surface area contributed by atoms with Crippen LogP contribution in [0, 0.1) is 25.2 Å². The van der Waals surface area contributed by atoms with Crippen LogP contribution in [0.15, 0.2) is 6.20 Å². The average Bonchev–Trinajstić information content (AvgIpc) is 2.35. The summed E-state index contributed by atoms with van der Waals surface area (Å²) >= 11 is 0. The first-order chi connectivity index (χ1) is 8.93. The molecule has 1 aromatic heterocycles. The van der Waals surface area contributed by atoms with Crippen LogP contribution in [0.3, 0.4) is 0 Å². The Labute approximate surface area is 113 Å². The van der Waals surface area contributed by atoms with E-state index in [1.807, 2.05) is 13.8 Å².